The van der Waals surface area contributed by atoms with Gasteiger partial charge in [0, 0.05) is 23.4 Å². The van der Waals surface area contributed by atoms with Crippen LogP contribution in [0.1, 0.15) is 10.9 Å². The van der Waals surface area contributed by atoms with Crippen molar-refractivity contribution in [2.45, 2.75) is 10.3 Å². The third-order valence-electron chi connectivity index (χ3n) is 2.60. The summed E-state index contributed by atoms with van der Waals surface area (Å²) in [6.07, 6.45) is 2.81. The molecule has 1 N–H and O–H groups in total. The van der Waals surface area contributed by atoms with Gasteiger partial charge in [-0.05, 0) is 27.6 Å². The first kappa shape index (κ1) is 15.4. The molecule has 20 heavy (non-hydrogen) atoms. The lowest BCUT2D eigenvalue weighted by Crippen LogP contribution is -2.27. The number of halogens is 2. The predicted octanol–water partition coefficient (Wildman–Crippen LogP) is 3.10. The van der Waals surface area contributed by atoms with Crippen molar-refractivity contribution in [2.75, 3.05) is 6.54 Å². The van der Waals surface area contributed by atoms with Crippen LogP contribution in [-0.2, 0) is 10.0 Å². The highest BCUT2D eigenvalue weighted by Gasteiger charge is 2.17. The van der Waals surface area contributed by atoms with Crippen molar-refractivity contribution in [3.05, 3.63) is 58.8 Å². The molecule has 0 radical (unpaired) electrons. The van der Waals surface area contributed by atoms with Crippen LogP contribution in [0.25, 0.3) is 0 Å². The molecule has 4 nitrogen and oxygen atoms in total. The van der Waals surface area contributed by atoms with Gasteiger partial charge in [0.15, 0.2) is 0 Å². The third-order valence-corrected chi connectivity index (χ3v) is 4.83. The topological polar surface area (TPSA) is 59.1 Å². The second-order valence-electron chi connectivity index (χ2n) is 4.07. The molecule has 0 fully saturated rings. The highest BCUT2D eigenvalue weighted by Crippen LogP contribution is 2.20. The van der Waals surface area contributed by atoms with E-state index in [2.05, 4.69) is 25.6 Å². The minimum atomic E-state index is -3.61. The van der Waals surface area contributed by atoms with Crippen LogP contribution >= 0.6 is 27.5 Å². The standard InChI is InChI=1S/C13H12BrClN2O2S/c14-11-6-12(8-16-7-11)20(18,19)17-9-13(15)10-4-2-1-3-5-10/h1-8,13,17H,9H2. The first-order chi connectivity index (χ1) is 9.49. The fraction of sp³-hybridized carbons (Fsp3) is 0.154. The molecular formula is C13H12BrClN2O2S. The predicted molar refractivity (Wildman–Crippen MR) is 82.2 cm³/mol. The number of alkyl halides is 1. The minimum absolute atomic E-state index is 0.101. The Morgan fingerprint density at radius 3 is 2.60 bits per heavy atom. The molecule has 1 unspecified atom stereocenters. The molecule has 106 valence electrons. The summed E-state index contributed by atoms with van der Waals surface area (Å²) in [6.45, 7) is 0.112. The van der Waals surface area contributed by atoms with Crippen LogP contribution in [-0.4, -0.2) is 19.9 Å². The summed E-state index contributed by atoms with van der Waals surface area (Å²) in [7, 11) is -3.61. The van der Waals surface area contributed by atoms with Gasteiger partial charge >= 0.3 is 0 Å². The average molecular weight is 376 g/mol. The lowest BCUT2D eigenvalue weighted by Gasteiger charge is -2.11. The van der Waals surface area contributed by atoms with E-state index in [1.165, 1.54) is 18.5 Å². The van der Waals surface area contributed by atoms with E-state index in [1.807, 2.05) is 30.3 Å². The Labute approximate surface area is 131 Å². The fourth-order valence-corrected chi connectivity index (χ4v) is 3.45. The number of sulfonamides is 1. The fourth-order valence-electron chi connectivity index (χ4n) is 1.59. The molecule has 2 rings (SSSR count). The van der Waals surface area contributed by atoms with Crippen molar-refractivity contribution in [3.63, 3.8) is 0 Å². The van der Waals surface area contributed by atoms with Gasteiger partial charge in [-0.3, -0.25) is 4.98 Å². The van der Waals surface area contributed by atoms with Crippen LogP contribution in [0.3, 0.4) is 0 Å². The molecule has 0 aliphatic rings. The van der Waals surface area contributed by atoms with E-state index in [0.717, 1.165) is 5.56 Å². The summed E-state index contributed by atoms with van der Waals surface area (Å²) < 4.78 is 27.3. The van der Waals surface area contributed by atoms with Crippen LogP contribution in [0.15, 0.2) is 58.2 Å². The maximum atomic E-state index is 12.1. The number of pyridine rings is 1. The maximum Gasteiger partial charge on any atom is 0.242 e. The van der Waals surface area contributed by atoms with Gasteiger partial charge in [-0.25, -0.2) is 13.1 Å². The van der Waals surface area contributed by atoms with E-state index in [-0.39, 0.29) is 11.4 Å². The number of benzene rings is 1. The van der Waals surface area contributed by atoms with E-state index < -0.39 is 15.4 Å². The highest BCUT2D eigenvalue weighted by molar-refractivity contribution is 9.10. The quantitative estimate of drug-likeness (QED) is 0.817. The minimum Gasteiger partial charge on any atom is -0.262 e. The number of aromatic nitrogens is 1. The molecular weight excluding hydrogens is 364 g/mol. The Bertz CT molecular complexity index is 680. The molecule has 0 bridgehead atoms. The summed E-state index contributed by atoms with van der Waals surface area (Å²) in [5.74, 6) is 0. The van der Waals surface area contributed by atoms with Gasteiger partial charge in [-0.2, -0.15) is 0 Å². The molecule has 0 saturated carbocycles. The number of nitrogens with zero attached hydrogens (tertiary/aromatic N) is 1. The van der Waals surface area contributed by atoms with Gasteiger partial charge in [-0.1, -0.05) is 30.3 Å². The van der Waals surface area contributed by atoms with E-state index in [1.54, 1.807) is 0 Å². The Morgan fingerprint density at radius 1 is 1.25 bits per heavy atom. The Morgan fingerprint density at radius 2 is 1.95 bits per heavy atom. The van der Waals surface area contributed by atoms with Crippen LogP contribution < -0.4 is 4.72 Å². The van der Waals surface area contributed by atoms with Crippen LogP contribution in [0.5, 0.6) is 0 Å². The van der Waals surface area contributed by atoms with E-state index in [9.17, 15) is 8.42 Å². The zero-order valence-corrected chi connectivity index (χ0v) is 13.5. The molecule has 0 saturated heterocycles. The van der Waals surface area contributed by atoms with Gasteiger partial charge in [-0.15, -0.1) is 11.6 Å². The zero-order valence-electron chi connectivity index (χ0n) is 10.3. The lowest BCUT2D eigenvalue weighted by molar-refractivity contribution is 0.580. The Balaban J connectivity index is 2.07. The first-order valence-corrected chi connectivity index (χ1v) is 8.49. The SMILES string of the molecule is O=S(=O)(NCC(Cl)c1ccccc1)c1cncc(Br)c1. The molecule has 1 aromatic heterocycles. The maximum absolute atomic E-state index is 12.1. The Hall–Kier alpha value is -0.950. The van der Waals surface area contributed by atoms with Gasteiger partial charge in [0.25, 0.3) is 0 Å². The number of nitrogens with one attached hydrogen (secondary N) is 1. The summed E-state index contributed by atoms with van der Waals surface area (Å²) in [4.78, 5) is 3.94. The van der Waals surface area contributed by atoms with Gasteiger partial charge in [0.2, 0.25) is 10.0 Å². The van der Waals surface area contributed by atoms with Gasteiger partial charge < -0.3 is 0 Å². The third kappa shape index (κ3) is 4.02. The molecule has 1 heterocycles. The molecule has 2 aromatic rings. The van der Waals surface area contributed by atoms with Crippen LogP contribution in [0, 0.1) is 0 Å². The van der Waals surface area contributed by atoms with Crippen molar-refractivity contribution in [2.24, 2.45) is 0 Å². The van der Waals surface area contributed by atoms with E-state index >= 15 is 0 Å². The second-order valence-corrected chi connectivity index (χ2v) is 7.28. The summed E-state index contributed by atoms with van der Waals surface area (Å²) in [5, 5.41) is -0.425. The monoisotopic (exact) mass is 374 g/mol. The van der Waals surface area contributed by atoms with E-state index in [0.29, 0.717) is 4.47 Å². The van der Waals surface area contributed by atoms with Crippen LogP contribution in [0.4, 0.5) is 0 Å². The normalized spacial score (nSPS) is 13.1. The van der Waals surface area contributed by atoms with Gasteiger partial charge in [0.05, 0.1) is 5.38 Å². The van der Waals surface area contributed by atoms with Crippen molar-refractivity contribution in [1.29, 1.82) is 0 Å². The molecule has 1 aromatic carbocycles. The molecule has 7 heteroatoms. The molecule has 0 spiro atoms. The van der Waals surface area contributed by atoms with Gasteiger partial charge in [0.1, 0.15) is 4.90 Å². The summed E-state index contributed by atoms with van der Waals surface area (Å²) in [6, 6.07) is 10.8. The summed E-state index contributed by atoms with van der Waals surface area (Å²) >= 11 is 9.37. The molecule has 0 aliphatic carbocycles. The van der Waals surface area contributed by atoms with Crippen LogP contribution in [0.2, 0.25) is 0 Å². The van der Waals surface area contributed by atoms with Crippen molar-refractivity contribution < 1.29 is 8.42 Å². The molecule has 0 aliphatic heterocycles. The van der Waals surface area contributed by atoms with E-state index in [4.69, 9.17) is 11.6 Å². The zero-order chi connectivity index (χ0) is 14.6. The van der Waals surface area contributed by atoms with Crippen molar-refractivity contribution in [3.8, 4) is 0 Å². The average Bonchev–Trinajstić information content (AvgIpc) is 2.46. The summed E-state index contributed by atoms with van der Waals surface area (Å²) in [5.41, 5.74) is 0.865. The van der Waals surface area contributed by atoms with Crippen molar-refractivity contribution >= 4 is 37.6 Å². The second kappa shape index (κ2) is 6.67. The smallest absolute Gasteiger partial charge is 0.242 e. The number of rotatable bonds is 5. The largest absolute Gasteiger partial charge is 0.262 e. The molecule has 1 atom stereocenters. The lowest BCUT2D eigenvalue weighted by atomic mass is 10.1. The van der Waals surface area contributed by atoms with Crippen molar-refractivity contribution in [1.82, 2.24) is 9.71 Å². The highest BCUT2D eigenvalue weighted by atomic mass is 79.9. The Kier molecular flexibility index (Phi) is 5.15. The first-order valence-electron chi connectivity index (χ1n) is 5.78. The molecule has 0 amide bonds. The number of hydrogen-bond donors (Lipinski definition) is 1. The number of hydrogen-bond acceptors (Lipinski definition) is 3.